The van der Waals surface area contributed by atoms with Gasteiger partial charge in [0.1, 0.15) is 0 Å². The summed E-state index contributed by atoms with van der Waals surface area (Å²) in [7, 11) is -4.07. The van der Waals surface area contributed by atoms with Crippen LogP contribution in [0.2, 0.25) is 0 Å². The molecule has 0 spiro atoms. The van der Waals surface area contributed by atoms with Gasteiger partial charge in [0.15, 0.2) is 5.03 Å². The monoisotopic (exact) mass is 428 g/mol. The SMILES string of the molecule is CCOC(=O)c1ccc(NC(=O)c2cn[nH]c2S(=O)(=O)Nc2ccc(C)cc2)cc1. The molecule has 0 saturated carbocycles. The predicted octanol–water partition coefficient (Wildman–Crippen LogP) is 2.95. The molecule has 0 fully saturated rings. The number of rotatable bonds is 7. The van der Waals surface area contributed by atoms with Gasteiger partial charge in [-0.3, -0.25) is 14.6 Å². The third-order valence-electron chi connectivity index (χ3n) is 4.08. The first-order valence-electron chi connectivity index (χ1n) is 9.01. The number of esters is 1. The molecule has 0 unspecified atom stereocenters. The Bertz CT molecular complexity index is 1150. The van der Waals surface area contributed by atoms with Crippen molar-refractivity contribution in [1.29, 1.82) is 0 Å². The van der Waals surface area contributed by atoms with Crippen LogP contribution in [0.3, 0.4) is 0 Å². The second kappa shape index (κ2) is 8.78. The Kier molecular flexibility index (Phi) is 6.17. The summed E-state index contributed by atoms with van der Waals surface area (Å²) in [6.45, 7) is 3.84. The Morgan fingerprint density at radius 2 is 1.67 bits per heavy atom. The number of sulfonamides is 1. The maximum atomic E-state index is 12.7. The Balaban J connectivity index is 1.76. The number of nitrogens with one attached hydrogen (secondary N) is 3. The van der Waals surface area contributed by atoms with E-state index < -0.39 is 21.9 Å². The van der Waals surface area contributed by atoms with E-state index in [-0.39, 0.29) is 17.2 Å². The molecule has 1 amide bonds. The van der Waals surface area contributed by atoms with E-state index in [2.05, 4.69) is 20.2 Å². The first-order valence-corrected chi connectivity index (χ1v) is 10.5. The van der Waals surface area contributed by atoms with Crippen molar-refractivity contribution in [3.8, 4) is 0 Å². The lowest BCUT2D eigenvalue weighted by Crippen LogP contribution is -2.19. The second-order valence-electron chi connectivity index (χ2n) is 6.34. The molecule has 0 atom stereocenters. The molecule has 0 aliphatic carbocycles. The summed E-state index contributed by atoms with van der Waals surface area (Å²) in [5.74, 6) is -1.14. The van der Waals surface area contributed by atoms with Gasteiger partial charge in [0.2, 0.25) is 0 Å². The van der Waals surface area contributed by atoms with Crippen LogP contribution in [0.4, 0.5) is 11.4 Å². The molecular weight excluding hydrogens is 408 g/mol. The number of carbonyl (C=O) groups is 2. The molecule has 30 heavy (non-hydrogen) atoms. The Morgan fingerprint density at radius 1 is 1.03 bits per heavy atom. The number of hydrogen-bond donors (Lipinski definition) is 3. The average Bonchev–Trinajstić information content (AvgIpc) is 3.21. The van der Waals surface area contributed by atoms with E-state index in [1.165, 1.54) is 24.3 Å². The molecule has 3 rings (SSSR count). The number of ether oxygens (including phenoxy) is 1. The molecule has 1 heterocycles. The van der Waals surface area contributed by atoms with Gasteiger partial charge in [0.25, 0.3) is 15.9 Å². The van der Waals surface area contributed by atoms with E-state index in [1.54, 1.807) is 31.2 Å². The van der Waals surface area contributed by atoms with Crippen LogP contribution in [-0.2, 0) is 14.8 Å². The number of aromatic nitrogens is 2. The molecule has 0 aliphatic rings. The average molecular weight is 428 g/mol. The van der Waals surface area contributed by atoms with Gasteiger partial charge in [0.05, 0.1) is 23.9 Å². The van der Waals surface area contributed by atoms with Crippen LogP contribution in [0.1, 0.15) is 33.2 Å². The predicted molar refractivity (Wildman–Crippen MR) is 111 cm³/mol. The highest BCUT2D eigenvalue weighted by Gasteiger charge is 2.25. The van der Waals surface area contributed by atoms with Crippen LogP contribution < -0.4 is 10.0 Å². The number of benzene rings is 2. The van der Waals surface area contributed by atoms with Gasteiger partial charge < -0.3 is 10.1 Å². The maximum Gasteiger partial charge on any atom is 0.338 e. The minimum atomic E-state index is -4.07. The third-order valence-corrected chi connectivity index (χ3v) is 5.43. The van der Waals surface area contributed by atoms with Gasteiger partial charge in [-0.05, 0) is 50.2 Å². The number of anilines is 2. The molecular formula is C20H20N4O5S. The molecule has 3 aromatic rings. The molecule has 2 aromatic carbocycles. The topological polar surface area (TPSA) is 130 Å². The van der Waals surface area contributed by atoms with Crippen molar-refractivity contribution < 1.29 is 22.7 Å². The number of H-pyrrole nitrogens is 1. The Labute approximate surface area is 173 Å². The number of amides is 1. The number of carbonyl (C=O) groups excluding carboxylic acids is 2. The van der Waals surface area contributed by atoms with E-state index in [0.29, 0.717) is 16.9 Å². The van der Waals surface area contributed by atoms with E-state index in [1.807, 2.05) is 6.92 Å². The largest absolute Gasteiger partial charge is 0.462 e. The first kappa shape index (κ1) is 21.1. The zero-order valence-electron chi connectivity index (χ0n) is 16.3. The van der Waals surface area contributed by atoms with E-state index in [4.69, 9.17) is 4.74 Å². The highest BCUT2D eigenvalue weighted by Crippen LogP contribution is 2.19. The molecule has 0 aliphatic heterocycles. The lowest BCUT2D eigenvalue weighted by atomic mass is 10.2. The number of nitrogens with zero attached hydrogens (tertiary/aromatic N) is 1. The maximum absolute atomic E-state index is 12.7. The summed E-state index contributed by atoms with van der Waals surface area (Å²) in [4.78, 5) is 24.3. The molecule has 3 N–H and O–H groups in total. The molecule has 0 bridgehead atoms. The lowest BCUT2D eigenvalue weighted by Gasteiger charge is -2.09. The van der Waals surface area contributed by atoms with Crippen molar-refractivity contribution >= 4 is 33.3 Å². The van der Waals surface area contributed by atoms with Crippen molar-refractivity contribution in [2.24, 2.45) is 0 Å². The van der Waals surface area contributed by atoms with Gasteiger partial charge in [-0.15, -0.1) is 0 Å². The standard InChI is InChI=1S/C20H20N4O5S/c1-3-29-20(26)14-6-10-15(11-7-14)22-18(25)17-12-21-23-19(17)30(27,28)24-16-8-4-13(2)5-9-16/h4-12,24H,3H2,1-2H3,(H,21,23)(H,22,25). The van der Waals surface area contributed by atoms with Crippen LogP contribution in [0, 0.1) is 6.92 Å². The summed E-state index contributed by atoms with van der Waals surface area (Å²) >= 11 is 0. The van der Waals surface area contributed by atoms with Crippen LogP contribution in [0.25, 0.3) is 0 Å². The molecule has 156 valence electrons. The van der Waals surface area contributed by atoms with Crippen molar-refractivity contribution in [1.82, 2.24) is 10.2 Å². The fraction of sp³-hybridized carbons (Fsp3) is 0.150. The van der Waals surface area contributed by atoms with Crippen LogP contribution in [-0.4, -0.2) is 37.1 Å². The Morgan fingerprint density at radius 3 is 2.30 bits per heavy atom. The van der Waals surface area contributed by atoms with Gasteiger partial charge >= 0.3 is 5.97 Å². The van der Waals surface area contributed by atoms with Crippen molar-refractivity contribution in [3.63, 3.8) is 0 Å². The molecule has 1 aromatic heterocycles. The summed E-state index contributed by atoms with van der Waals surface area (Å²) in [5, 5.41) is 8.28. The quantitative estimate of drug-likeness (QED) is 0.496. The highest BCUT2D eigenvalue weighted by atomic mass is 32.2. The van der Waals surface area contributed by atoms with Crippen LogP contribution in [0.5, 0.6) is 0 Å². The molecule has 0 radical (unpaired) electrons. The third kappa shape index (κ3) is 4.84. The minimum Gasteiger partial charge on any atom is -0.462 e. The smallest absolute Gasteiger partial charge is 0.338 e. The van der Waals surface area contributed by atoms with E-state index in [0.717, 1.165) is 11.8 Å². The first-order chi connectivity index (χ1) is 14.3. The number of hydrogen-bond acceptors (Lipinski definition) is 6. The van der Waals surface area contributed by atoms with E-state index in [9.17, 15) is 18.0 Å². The fourth-order valence-electron chi connectivity index (χ4n) is 2.57. The molecule has 9 nitrogen and oxygen atoms in total. The highest BCUT2D eigenvalue weighted by molar-refractivity contribution is 7.92. The fourth-order valence-corrected chi connectivity index (χ4v) is 3.73. The summed E-state index contributed by atoms with van der Waals surface area (Å²) < 4.78 is 32.7. The number of aryl methyl sites for hydroxylation is 1. The van der Waals surface area contributed by atoms with Crippen LogP contribution >= 0.6 is 0 Å². The normalized spacial score (nSPS) is 11.0. The molecule has 10 heteroatoms. The van der Waals surface area contributed by atoms with Gasteiger partial charge in [-0.1, -0.05) is 17.7 Å². The van der Waals surface area contributed by atoms with E-state index >= 15 is 0 Å². The summed E-state index contributed by atoms with van der Waals surface area (Å²) in [5.41, 5.74) is 1.90. The summed E-state index contributed by atoms with van der Waals surface area (Å²) in [6.07, 6.45) is 1.13. The van der Waals surface area contributed by atoms with Gasteiger partial charge in [-0.25, -0.2) is 4.79 Å². The van der Waals surface area contributed by atoms with Crippen molar-refractivity contribution in [2.45, 2.75) is 18.9 Å². The zero-order chi connectivity index (χ0) is 21.7. The second-order valence-corrected chi connectivity index (χ2v) is 7.96. The Hall–Kier alpha value is -3.66. The van der Waals surface area contributed by atoms with Crippen molar-refractivity contribution in [2.75, 3.05) is 16.6 Å². The lowest BCUT2D eigenvalue weighted by molar-refractivity contribution is 0.0526. The summed E-state index contributed by atoms with van der Waals surface area (Å²) in [6, 6.07) is 12.8. The van der Waals surface area contributed by atoms with Gasteiger partial charge in [-0.2, -0.15) is 13.5 Å². The zero-order valence-corrected chi connectivity index (χ0v) is 17.1. The minimum absolute atomic E-state index is 0.149. The van der Waals surface area contributed by atoms with Gasteiger partial charge in [0, 0.05) is 11.4 Å². The number of aromatic amines is 1. The van der Waals surface area contributed by atoms with Crippen LogP contribution in [0.15, 0.2) is 59.8 Å². The molecule has 0 saturated heterocycles. The van der Waals surface area contributed by atoms with Crippen molar-refractivity contribution in [3.05, 3.63) is 71.4 Å².